The van der Waals surface area contributed by atoms with Crippen LogP contribution in [0.25, 0.3) is 11.8 Å². The van der Waals surface area contributed by atoms with Gasteiger partial charge in [0, 0.05) is 33.5 Å². The first kappa shape index (κ1) is 23.6. The number of aromatic nitrogens is 1. The highest BCUT2D eigenvalue weighted by Crippen LogP contribution is 2.36. The number of aryl methyl sites for hydroxylation is 2. The molecule has 0 N–H and O–H groups in total. The summed E-state index contributed by atoms with van der Waals surface area (Å²) in [4.78, 5) is 28.1. The molecule has 5 nitrogen and oxygen atoms in total. The molecule has 0 saturated carbocycles. The second kappa shape index (κ2) is 9.35. The summed E-state index contributed by atoms with van der Waals surface area (Å²) in [6.07, 6.45) is 1.79. The maximum Gasteiger partial charge on any atom is 0.340 e. The monoisotopic (exact) mass is 474 g/mol. The molecule has 4 rings (SSSR count). The van der Waals surface area contributed by atoms with Gasteiger partial charge >= 0.3 is 5.97 Å². The number of esters is 1. The Balaban J connectivity index is 1.85. The molecule has 1 aliphatic heterocycles. The second-order valence-corrected chi connectivity index (χ2v) is 8.72. The number of carbonyl (C=O) groups excluding carboxylic acids is 2. The molecule has 0 aliphatic carbocycles. The zero-order valence-electron chi connectivity index (χ0n) is 20.0. The van der Waals surface area contributed by atoms with Crippen LogP contribution in [0, 0.1) is 20.8 Å². The summed E-state index contributed by atoms with van der Waals surface area (Å²) in [6.45, 7) is 9.71. The summed E-state index contributed by atoms with van der Waals surface area (Å²) >= 11 is 6.37. The van der Waals surface area contributed by atoms with Gasteiger partial charge in [-0.2, -0.15) is 0 Å². The van der Waals surface area contributed by atoms with Gasteiger partial charge in [0.05, 0.1) is 17.8 Å². The van der Waals surface area contributed by atoms with Crippen LogP contribution < -0.4 is 4.90 Å². The predicted molar refractivity (Wildman–Crippen MR) is 136 cm³/mol. The third-order valence-corrected chi connectivity index (χ3v) is 6.48. The summed E-state index contributed by atoms with van der Waals surface area (Å²) < 4.78 is 7.40. The molecule has 1 aliphatic rings. The quantitative estimate of drug-likeness (QED) is 0.321. The average Bonchev–Trinajstić information content (AvgIpc) is 3.22. The number of nitrogens with zero attached hydrogens (tertiary/aromatic N) is 2. The van der Waals surface area contributed by atoms with Crippen LogP contribution in [0.3, 0.4) is 0 Å². The molecule has 2 aromatic carbocycles. The Morgan fingerprint density at radius 3 is 2.35 bits per heavy atom. The van der Waals surface area contributed by atoms with Crippen LogP contribution in [0.15, 0.2) is 71.4 Å². The van der Waals surface area contributed by atoms with Crippen LogP contribution in [0.2, 0.25) is 5.02 Å². The van der Waals surface area contributed by atoms with E-state index in [1.165, 1.54) is 0 Å². The molecule has 6 heteroatoms. The zero-order chi connectivity index (χ0) is 24.6. The molecular formula is C28H27ClN2O3. The first-order valence-electron chi connectivity index (χ1n) is 11.2. The number of halogens is 1. The molecule has 0 fully saturated rings. The number of amides is 1. The largest absolute Gasteiger partial charge is 0.462 e. The molecule has 0 radical (unpaired) electrons. The van der Waals surface area contributed by atoms with E-state index in [0.717, 1.165) is 28.2 Å². The van der Waals surface area contributed by atoms with Gasteiger partial charge in [-0.15, -0.1) is 0 Å². The molecule has 0 bridgehead atoms. The van der Waals surface area contributed by atoms with Crippen molar-refractivity contribution in [3.63, 3.8) is 0 Å². The SMILES string of the molecule is CCOC(=O)C1=C(C)N(c2ccccc2)C(=O)/C1=C\c1cc(C)n(-c2ccc(C)c(Cl)c2)c1C. The van der Waals surface area contributed by atoms with Crippen LogP contribution in [0.1, 0.15) is 36.4 Å². The molecule has 3 aromatic rings. The highest BCUT2D eigenvalue weighted by molar-refractivity contribution is 6.31. The highest BCUT2D eigenvalue weighted by Gasteiger charge is 2.38. The number of para-hydroxylation sites is 1. The van der Waals surface area contributed by atoms with Gasteiger partial charge in [0.25, 0.3) is 5.91 Å². The number of benzene rings is 2. The van der Waals surface area contributed by atoms with E-state index >= 15 is 0 Å². The molecule has 34 heavy (non-hydrogen) atoms. The number of ether oxygens (including phenoxy) is 1. The molecular weight excluding hydrogens is 448 g/mol. The Morgan fingerprint density at radius 2 is 1.71 bits per heavy atom. The lowest BCUT2D eigenvalue weighted by Crippen LogP contribution is -2.24. The van der Waals surface area contributed by atoms with Crippen molar-refractivity contribution >= 4 is 35.2 Å². The maximum absolute atomic E-state index is 13.6. The third-order valence-electron chi connectivity index (χ3n) is 6.08. The van der Waals surface area contributed by atoms with Gasteiger partial charge in [-0.3, -0.25) is 9.69 Å². The van der Waals surface area contributed by atoms with Gasteiger partial charge in [-0.25, -0.2) is 4.79 Å². The van der Waals surface area contributed by atoms with E-state index in [0.29, 0.717) is 27.6 Å². The fourth-order valence-electron chi connectivity index (χ4n) is 4.38. The standard InChI is InChI=1S/C28H27ClN2O3/c1-6-34-28(33)26-20(5)31(22-10-8-7-9-11-22)27(32)24(26)15-21-14-18(3)30(19(21)4)23-13-12-17(2)25(29)16-23/h7-16H,6H2,1-5H3/b24-15-. The Labute approximate surface area is 204 Å². The van der Waals surface area contributed by atoms with Crippen molar-refractivity contribution in [2.75, 3.05) is 11.5 Å². The van der Waals surface area contributed by atoms with Crippen LogP contribution in [0.5, 0.6) is 0 Å². The van der Waals surface area contributed by atoms with Crippen molar-refractivity contribution in [1.29, 1.82) is 0 Å². The first-order valence-corrected chi connectivity index (χ1v) is 11.6. The number of anilines is 1. The lowest BCUT2D eigenvalue weighted by molar-refractivity contribution is -0.138. The number of carbonyl (C=O) groups is 2. The van der Waals surface area contributed by atoms with E-state index in [1.54, 1.807) is 24.8 Å². The van der Waals surface area contributed by atoms with Gasteiger partial charge in [0.15, 0.2) is 0 Å². The van der Waals surface area contributed by atoms with E-state index in [1.807, 2.05) is 75.4 Å². The van der Waals surface area contributed by atoms with Gasteiger partial charge in [-0.1, -0.05) is 35.9 Å². The smallest absolute Gasteiger partial charge is 0.340 e. The van der Waals surface area contributed by atoms with Crippen molar-refractivity contribution in [2.24, 2.45) is 0 Å². The van der Waals surface area contributed by atoms with E-state index in [2.05, 4.69) is 4.57 Å². The first-order chi connectivity index (χ1) is 16.2. The van der Waals surface area contributed by atoms with Crippen LogP contribution >= 0.6 is 11.6 Å². The Hall–Kier alpha value is -3.57. The van der Waals surface area contributed by atoms with Gasteiger partial charge < -0.3 is 9.30 Å². The van der Waals surface area contributed by atoms with Crippen molar-refractivity contribution in [3.8, 4) is 5.69 Å². The van der Waals surface area contributed by atoms with Gasteiger partial charge in [0.2, 0.25) is 0 Å². The molecule has 2 heterocycles. The number of hydrogen-bond donors (Lipinski definition) is 0. The maximum atomic E-state index is 13.6. The summed E-state index contributed by atoms with van der Waals surface area (Å²) in [7, 11) is 0. The average molecular weight is 475 g/mol. The summed E-state index contributed by atoms with van der Waals surface area (Å²) in [6, 6.07) is 17.2. The highest BCUT2D eigenvalue weighted by atomic mass is 35.5. The molecule has 0 saturated heterocycles. The topological polar surface area (TPSA) is 51.5 Å². The number of allylic oxidation sites excluding steroid dienone is 1. The van der Waals surface area contributed by atoms with Crippen LogP contribution in [-0.2, 0) is 14.3 Å². The molecule has 0 spiro atoms. The second-order valence-electron chi connectivity index (χ2n) is 8.31. The lowest BCUT2D eigenvalue weighted by Gasteiger charge is -2.17. The molecule has 0 unspecified atom stereocenters. The predicted octanol–water partition coefficient (Wildman–Crippen LogP) is 6.32. The Morgan fingerprint density at radius 1 is 1.00 bits per heavy atom. The molecule has 1 amide bonds. The molecule has 1 aromatic heterocycles. The fourth-order valence-corrected chi connectivity index (χ4v) is 4.55. The molecule has 174 valence electrons. The minimum absolute atomic E-state index is 0.227. The fraction of sp³-hybridized carbons (Fsp3) is 0.214. The van der Waals surface area contributed by atoms with Crippen molar-refractivity contribution in [1.82, 2.24) is 4.57 Å². The molecule has 0 atom stereocenters. The summed E-state index contributed by atoms with van der Waals surface area (Å²) in [5.74, 6) is -0.757. The summed E-state index contributed by atoms with van der Waals surface area (Å²) in [5, 5.41) is 0.692. The van der Waals surface area contributed by atoms with Crippen molar-refractivity contribution in [3.05, 3.63) is 99.0 Å². The summed E-state index contributed by atoms with van der Waals surface area (Å²) in [5.41, 5.74) is 6.60. The van der Waals surface area contributed by atoms with Crippen LogP contribution in [0.4, 0.5) is 5.69 Å². The van der Waals surface area contributed by atoms with E-state index in [-0.39, 0.29) is 12.5 Å². The van der Waals surface area contributed by atoms with Gasteiger partial charge in [0.1, 0.15) is 0 Å². The minimum Gasteiger partial charge on any atom is -0.462 e. The third kappa shape index (κ3) is 4.08. The van der Waals surface area contributed by atoms with E-state index in [4.69, 9.17) is 16.3 Å². The lowest BCUT2D eigenvalue weighted by atomic mass is 10.0. The normalized spacial score (nSPS) is 14.9. The van der Waals surface area contributed by atoms with E-state index < -0.39 is 5.97 Å². The van der Waals surface area contributed by atoms with Crippen molar-refractivity contribution < 1.29 is 14.3 Å². The van der Waals surface area contributed by atoms with Gasteiger partial charge in [-0.05, 0) is 82.2 Å². The van der Waals surface area contributed by atoms with Crippen LogP contribution in [-0.4, -0.2) is 23.1 Å². The minimum atomic E-state index is -0.503. The Kier molecular flexibility index (Phi) is 6.49. The number of rotatable bonds is 5. The van der Waals surface area contributed by atoms with Crippen molar-refractivity contribution in [2.45, 2.75) is 34.6 Å². The van der Waals surface area contributed by atoms with E-state index in [9.17, 15) is 9.59 Å². The Bertz CT molecular complexity index is 1350. The zero-order valence-corrected chi connectivity index (χ0v) is 20.7. The number of hydrogen-bond acceptors (Lipinski definition) is 3.